The van der Waals surface area contributed by atoms with Crippen LogP contribution in [0.3, 0.4) is 0 Å². The second-order valence-electron chi connectivity index (χ2n) is 3.45. The molecule has 4 nitrogen and oxygen atoms in total. The van der Waals surface area contributed by atoms with Crippen LogP contribution < -0.4 is 4.46 Å². The first-order chi connectivity index (χ1) is 8.67. The maximum absolute atomic E-state index is 11.6. The monoisotopic (exact) mass is 316 g/mol. The third-order valence-corrected chi connectivity index (χ3v) is 4.64. The van der Waals surface area contributed by atoms with E-state index in [-0.39, 0.29) is 33.3 Å². The van der Waals surface area contributed by atoms with E-state index in [9.17, 15) is 9.59 Å². The molecule has 0 aliphatic heterocycles. The van der Waals surface area contributed by atoms with Crippen molar-refractivity contribution in [2.24, 2.45) is 0 Å². The van der Waals surface area contributed by atoms with Crippen LogP contribution in [0.2, 0.25) is 4.82 Å². The molecule has 0 heterocycles. The third kappa shape index (κ3) is 4.90. The quantitative estimate of drug-likeness (QED) is 0.579. The van der Waals surface area contributed by atoms with Crippen LogP contribution >= 0.6 is 0 Å². The van der Waals surface area contributed by atoms with Crippen molar-refractivity contribution in [2.45, 2.75) is 18.2 Å². The van der Waals surface area contributed by atoms with Crippen LogP contribution in [0.25, 0.3) is 0 Å². The van der Waals surface area contributed by atoms with Crippen molar-refractivity contribution in [1.29, 1.82) is 0 Å². The fourth-order valence-electron chi connectivity index (χ4n) is 1.34. The molecule has 1 atom stereocenters. The third-order valence-electron chi connectivity index (χ3n) is 2.14. The van der Waals surface area contributed by atoms with Crippen molar-refractivity contribution in [3.05, 3.63) is 30.3 Å². The molecule has 1 unspecified atom stereocenters. The number of rotatable bonds is 6. The van der Waals surface area contributed by atoms with Crippen molar-refractivity contribution in [2.75, 3.05) is 13.7 Å². The standard InChI is InChI=1S/C13H16O4Se/c1-3-17-12(14)9-11(13(15)16-2)18-10-7-5-4-6-8-10/h4-8,11H,3,9H2,1-2H3. The molecule has 0 N–H and O–H groups in total. The molecule has 1 rings (SSSR count). The van der Waals surface area contributed by atoms with Crippen LogP contribution in [0.4, 0.5) is 0 Å². The molecule has 0 saturated heterocycles. The summed E-state index contributed by atoms with van der Waals surface area (Å²) in [6.45, 7) is 2.07. The van der Waals surface area contributed by atoms with Gasteiger partial charge in [0.2, 0.25) is 0 Å². The van der Waals surface area contributed by atoms with E-state index >= 15 is 0 Å². The van der Waals surface area contributed by atoms with Gasteiger partial charge in [-0.25, -0.2) is 0 Å². The Labute approximate surface area is 113 Å². The Bertz CT molecular complexity index is 391. The molecule has 0 amide bonds. The Hall–Kier alpha value is -1.32. The summed E-state index contributed by atoms with van der Waals surface area (Å²) in [4.78, 5) is 22.7. The van der Waals surface area contributed by atoms with E-state index in [2.05, 4.69) is 0 Å². The van der Waals surface area contributed by atoms with Crippen LogP contribution in [0.15, 0.2) is 30.3 Å². The fraction of sp³-hybridized carbons (Fsp3) is 0.385. The molecule has 0 spiro atoms. The molecular formula is C13H16O4Se. The van der Waals surface area contributed by atoms with E-state index in [1.54, 1.807) is 6.92 Å². The van der Waals surface area contributed by atoms with Gasteiger partial charge in [-0.2, -0.15) is 0 Å². The summed E-state index contributed by atoms with van der Waals surface area (Å²) in [5.74, 6) is -0.711. The van der Waals surface area contributed by atoms with Crippen molar-refractivity contribution in [3.8, 4) is 0 Å². The average Bonchev–Trinajstić information content (AvgIpc) is 2.38. The van der Waals surface area contributed by atoms with Gasteiger partial charge in [0.1, 0.15) is 0 Å². The number of ether oxygens (including phenoxy) is 2. The second kappa shape index (κ2) is 7.90. The summed E-state index contributed by atoms with van der Waals surface area (Å²) >= 11 is -0.138. The number of hydrogen-bond donors (Lipinski definition) is 0. The number of carbonyl (C=O) groups is 2. The first kappa shape index (κ1) is 14.7. The molecule has 5 heteroatoms. The Kier molecular flexibility index (Phi) is 6.47. The predicted molar refractivity (Wildman–Crippen MR) is 68.8 cm³/mol. The van der Waals surface area contributed by atoms with Gasteiger partial charge in [-0.3, -0.25) is 0 Å². The van der Waals surface area contributed by atoms with Gasteiger partial charge < -0.3 is 0 Å². The molecule has 0 aliphatic rings. The predicted octanol–water partition coefficient (Wildman–Crippen LogP) is 0.931. The Morgan fingerprint density at radius 2 is 1.94 bits per heavy atom. The van der Waals surface area contributed by atoms with E-state index in [4.69, 9.17) is 9.47 Å². The molecule has 0 fully saturated rings. The SMILES string of the molecule is CCOC(=O)CC([Se]c1ccccc1)C(=O)OC. The van der Waals surface area contributed by atoms with Gasteiger partial charge in [0.05, 0.1) is 0 Å². The topological polar surface area (TPSA) is 52.6 Å². The zero-order valence-electron chi connectivity index (χ0n) is 10.4. The number of benzene rings is 1. The number of hydrogen-bond acceptors (Lipinski definition) is 4. The van der Waals surface area contributed by atoms with Crippen molar-refractivity contribution >= 4 is 31.4 Å². The summed E-state index contributed by atoms with van der Waals surface area (Å²) < 4.78 is 10.7. The minimum atomic E-state index is -0.427. The van der Waals surface area contributed by atoms with Gasteiger partial charge >= 0.3 is 113 Å². The van der Waals surface area contributed by atoms with Crippen LogP contribution in [-0.4, -0.2) is 40.6 Å². The number of methoxy groups -OCH3 is 1. The van der Waals surface area contributed by atoms with Crippen molar-refractivity contribution in [1.82, 2.24) is 0 Å². The van der Waals surface area contributed by atoms with Crippen LogP contribution in [0.5, 0.6) is 0 Å². The maximum atomic E-state index is 11.6. The number of carbonyl (C=O) groups excluding carboxylic acids is 2. The number of esters is 2. The molecular weight excluding hydrogens is 299 g/mol. The molecule has 1 aromatic carbocycles. The van der Waals surface area contributed by atoms with Crippen molar-refractivity contribution in [3.63, 3.8) is 0 Å². The van der Waals surface area contributed by atoms with Gasteiger partial charge in [0.15, 0.2) is 0 Å². The second-order valence-corrected chi connectivity index (χ2v) is 6.13. The Morgan fingerprint density at radius 1 is 1.28 bits per heavy atom. The fourth-order valence-corrected chi connectivity index (χ4v) is 3.55. The Balaban J connectivity index is 2.67. The normalized spacial score (nSPS) is 11.7. The van der Waals surface area contributed by atoms with Crippen LogP contribution in [0.1, 0.15) is 13.3 Å². The van der Waals surface area contributed by atoms with E-state index < -0.39 is 4.82 Å². The summed E-state index contributed by atoms with van der Waals surface area (Å²) in [6.07, 6.45) is 0.0788. The Morgan fingerprint density at radius 3 is 2.50 bits per heavy atom. The van der Waals surface area contributed by atoms with Gasteiger partial charge in [0, 0.05) is 0 Å². The summed E-state index contributed by atoms with van der Waals surface area (Å²) in [7, 11) is 1.33. The first-order valence-corrected chi connectivity index (χ1v) is 7.47. The van der Waals surface area contributed by atoms with E-state index in [0.29, 0.717) is 6.61 Å². The van der Waals surface area contributed by atoms with Crippen molar-refractivity contribution < 1.29 is 19.1 Å². The zero-order valence-corrected chi connectivity index (χ0v) is 12.1. The molecule has 98 valence electrons. The van der Waals surface area contributed by atoms with Crippen LogP contribution in [-0.2, 0) is 19.1 Å². The molecule has 1 aromatic rings. The van der Waals surface area contributed by atoms with Gasteiger partial charge in [-0.1, -0.05) is 0 Å². The summed E-state index contributed by atoms with van der Waals surface area (Å²) in [6, 6.07) is 9.63. The van der Waals surface area contributed by atoms with Gasteiger partial charge in [-0.05, 0) is 0 Å². The molecule has 18 heavy (non-hydrogen) atoms. The molecule has 0 aromatic heterocycles. The van der Waals surface area contributed by atoms with Gasteiger partial charge in [0.25, 0.3) is 0 Å². The average molecular weight is 315 g/mol. The molecule has 0 bridgehead atoms. The first-order valence-electron chi connectivity index (χ1n) is 5.62. The van der Waals surface area contributed by atoms with Crippen LogP contribution in [0, 0.1) is 0 Å². The van der Waals surface area contributed by atoms with E-state index in [1.807, 2.05) is 30.3 Å². The van der Waals surface area contributed by atoms with E-state index in [1.165, 1.54) is 7.11 Å². The molecule has 0 saturated carbocycles. The minimum absolute atomic E-state index is 0.0788. The summed E-state index contributed by atoms with van der Waals surface area (Å²) in [5, 5.41) is 0. The molecule has 0 radical (unpaired) electrons. The van der Waals surface area contributed by atoms with Gasteiger partial charge in [-0.15, -0.1) is 0 Å². The molecule has 0 aliphatic carbocycles. The summed E-state index contributed by atoms with van der Waals surface area (Å²) in [5.41, 5.74) is 0. The van der Waals surface area contributed by atoms with E-state index in [0.717, 1.165) is 4.46 Å². The zero-order chi connectivity index (χ0) is 13.4.